The van der Waals surface area contributed by atoms with Crippen molar-refractivity contribution in [2.24, 2.45) is 5.92 Å². The van der Waals surface area contributed by atoms with Gasteiger partial charge in [0.15, 0.2) is 0 Å². The highest BCUT2D eigenvalue weighted by atomic mass is 35.5. The Morgan fingerprint density at radius 2 is 1.62 bits per heavy atom. The van der Waals surface area contributed by atoms with Gasteiger partial charge in [-0.1, -0.05) is 29.8 Å². The number of aromatic nitrogens is 1. The maximum absolute atomic E-state index is 13.8. The molecule has 0 saturated carbocycles. The van der Waals surface area contributed by atoms with Crippen LogP contribution in [0.1, 0.15) is 38.7 Å². The molecule has 2 fully saturated rings. The van der Waals surface area contributed by atoms with Crippen LogP contribution in [0.5, 0.6) is 0 Å². The minimum absolute atomic E-state index is 0.0229. The normalized spacial score (nSPS) is 18.8. The van der Waals surface area contributed by atoms with Gasteiger partial charge in [0.25, 0.3) is 23.1 Å². The quantitative estimate of drug-likeness (QED) is 0.223. The molecule has 3 aromatic carbocycles. The molecule has 0 spiro atoms. The Morgan fingerprint density at radius 1 is 0.851 bits per heavy atom. The van der Waals surface area contributed by atoms with Crippen LogP contribution < -0.4 is 20.7 Å². The molecule has 4 heterocycles. The van der Waals surface area contributed by atoms with E-state index in [1.807, 2.05) is 28.8 Å². The number of nitro groups is 1. The van der Waals surface area contributed by atoms with E-state index in [2.05, 4.69) is 15.1 Å². The number of piperazine rings is 1. The van der Waals surface area contributed by atoms with Crippen molar-refractivity contribution < 1.29 is 14.5 Å². The number of benzene rings is 3. The van der Waals surface area contributed by atoms with Crippen molar-refractivity contribution in [2.45, 2.75) is 18.9 Å². The monoisotopic (exact) mass is 652 g/mol. The van der Waals surface area contributed by atoms with E-state index in [1.54, 1.807) is 53.4 Å². The number of nitrogens with zero attached hydrogens (tertiary/aromatic N) is 5. The number of fused-ring (bicyclic) bond motifs is 4. The summed E-state index contributed by atoms with van der Waals surface area (Å²) in [6.07, 6.45) is 0.990. The predicted molar refractivity (Wildman–Crippen MR) is 181 cm³/mol. The second-order valence-corrected chi connectivity index (χ2v) is 12.7. The molecule has 12 heteroatoms. The maximum Gasteiger partial charge on any atom is 0.269 e. The molecule has 0 aliphatic carbocycles. The molecule has 240 valence electrons. The minimum atomic E-state index is -0.421. The molecule has 2 atom stereocenters. The lowest BCUT2D eigenvalue weighted by Gasteiger charge is -2.44. The molecule has 3 aliphatic heterocycles. The number of piperidine rings is 1. The zero-order valence-electron chi connectivity index (χ0n) is 25.5. The van der Waals surface area contributed by atoms with Crippen molar-refractivity contribution in [1.82, 2.24) is 9.47 Å². The number of hydrogen-bond donors (Lipinski definition) is 1. The van der Waals surface area contributed by atoms with Gasteiger partial charge in [-0.3, -0.25) is 24.5 Å². The van der Waals surface area contributed by atoms with Crippen LogP contribution in [0.2, 0.25) is 5.02 Å². The minimum Gasteiger partial charge on any atom is -0.369 e. The highest BCUT2D eigenvalue weighted by Gasteiger charge is 2.35. The lowest BCUT2D eigenvalue weighted by atomic mass is 9.83. The van der Waals surface area contributed by atoms with E-state index in [9.17, 15) is 24.5 Å². The Kier molecular flexibility index (Phi) is 8.15. The summed E-state index contributed by atoms with van der Waals surface area (Å²) in [5.74, 6) is -0.0806. The summed E-state index contributed by atoms with van der Waals surface area (Å²) in [5.41, 5.74) is 4.09. The second kappa shape index (κ2) is 12.6. The van der Waals surface area contributed by atoms with Gasteiger partial charge < -0.3 is 24.6 Å². The molecule has 2 bridgehead atoms. The molecule has 2 saturated heterocycles. The lowest BCUT2D eigenvalue weighted by molar-refractivity contribution is -0.384. The number of hydrogen-bond acceptors (Lipinski definition) is 7. The Bertz CT molecular complexity index is 1920. The van der Waals surface area contributed by atoms with E-state index < -0.39 is 4.92 Å². The van der Waals surface area contributed by atoms with Crippen molar-refractivity contribution in [1.29, 1.82) is 0 Å². The van der Waals surface area contributed by atoms with Crippen LogP contribution in [0.4, 0.5) is 22.7 Å². The summed E-state index contributed by atoms with van der Waals surface area (Å²) >= 11 is 6.37. The van der Waals surface area contributed by atoms with Crippen molar-refractivity contribution >= 4 is 46.2 Å². The SMILES string of the molecule is O=C(Nc1cc(C(=O)N2CCN(c3ccc([N+](=O)[O-])cc3)CC2)ccc1N1C[C@H]2C[C@@H](C1)c1cccc(=O)n1C2)c1ccccc1Cl. The van der Waals surface area contributed by atoms with Crippen molar-refractivity contribution in [3.05, 3.63) is 127 Å². The molecule has 0 unspecified atom stereocenters. The highest BCUT2D eigenvalue weighted by molar-refractivity contribution is 6.34. The van der Waals surface area contributed by atoms with Crippen LogP contribution in [0.25, 0.3) is 0 Å². The van der Waals surface area contributed by atoms with E-state index in [4.69, 9.17) is 11.6 Å². The molecule has 0 radical (unpaired) electrons. The summed E-state index contributed by atoms with van der Waals surface area (Å²) < 4.78 is 1.89. The molecule has 4 aromatic rings. The zero-order valence-corrected chi connectivity index (χ0v) is 26.3. The van der Waals surface area contributed by atoms with Crippen molar-refractivity contribution in [3.63, 3.8) is 0 Å². The molecule has 7 rings (SSSR count). The molecule has 1 aromatic heterocycles. The number of non-ortho nitro benzene ring substituents is 1. The summed E-state index contributed by atoms with van der Waals surface area (Å²) in [6.45, 7) is 4.15. The molecular formula is C35H33ClN6O5. The number of carbonyl (C=O) groups is 2. The molecule has 47 heavy (non-hydrogen) atoms. The summed E-state index contributed by atoms with van der Waals surface area (Å²) in [5, 5.41) is 14.4. The fourth-order valence-electron chi connectivity index (χ4n) is 7.11. The van der Waals surface area contributed by atoms with Gasteiger partial charge in [0.05, 0.1) is 26.9 Å². The van der Waals surface area contributed by atoms with Gasteiger partial charge in [-0.25, -0.2) is 0 Å². The third-order valence-corrected chi connectivity index (χ3v) is 9.75. The smallest absolute Gasteiger partial charge is 0.269 e. The van der Waals surface area contributed by atoms with Gasteiger partial charge >= 0.3 is 0 Å². The van der Waals surface area contributed by atoms with E-state index in [0.29, 0.717) is 67.7 Å². The van der Waals surface area contributed by atoms with E-state index >= 15 is 0 Å². The number of nitro benzene ring substituents is 1. The van der Waals surface area contributed by atoms with E-state index in [0.717, 1.165) is 23.5 Å². The van der Waals surface area contributed by atoms with E-state index in [1.165, 1.54) is 12.1 Å². The Morgan fingerprint density at radius 3 is 2.36 bits per heavy atom. The number of nitrogens with one attached hydrogen (secondary N) is 1. The molecule has 1 N–H and O–H groups in total. The highest BCUT2D eigenvalue weighted by Crippen LogP contribution is 2.39. The zero-order chi connectivity index (χ0) is 32.7. The van der Waals surface area contributed by atoms with Gasteiger partial charge in [-0.05, 0) is 60.9 Å². The predicted octanol–water partition coefficient (Wildman–Crippen LogP) is 5.25. The standard InChI is InChI=1S/C35H33ClN6O5/c36-29-5-2-1-4-28(29)34(44)37-30-19-24(35(45)39-16-14-38(15-17-39)26-9-11-27(12-10-26)42(46)47)8-13-32(30)40-20-23-18-25(22-40)31-6-3-7-33(43)41(31)21-23/h1-13,19,23,25H,14-18,20-22H2,(H,37,44)/t23-,25+/m1/s1. The van der Waals surface area contributed by atoms with Gasteiger partial charge in [-0.2, -0.15) is 0 Å². The first-order valence-electron chi connectivity index (χ1n) is 15.7. The summed E-state index contributed by atoms with van der Waals surface area (Å²) in [4.78, 5) is 56.6. The van der Waals surface area contributed by atoms with Crippen LogP contribution in [0.3, 0.4) is 0 Å². The maximum atomic E-state index is 13.8. The lowest BCUT2D eigenvalue weighted by Crippen LogP contribution is -2.49. The Balaban J connectivity index is 1.13. The van der Waals surface area contributed by atoms with E-state index in [-0.39, 0.29) is 34.9 Å². The number of amides is 2. The fourth-order valence-corrected chi connectivity index (χ4v) is 7.33. The summed E-state index contributed by atoms with van der Waals surface area (Å²) in [6, 6.07) is 24.2. The number of anilines is 3. The first-order valence-corrected chi connectivity index (χ1v) is 16.1. The third-order valence-electron chi connectivity index (χ3n) is 9.42. The Hall–Kier alpha value is -5.16. The molecule has 3 aliphatic rings. The van der Waals surface area contributed by atoms with Crippen LogP contribution in [0, 0.1) is 16.0 Å². The first kappa shape index (κ1) is 30.5. The first-order chi connectivity index (χ1) is 22.7. The van der Waals surface area contributed by atoms with Crippen LogP contribution in [-0.4, -0.2) is 65.5 Å². The third kappa shape index (κ3) is 6.06. The number of rotatable bonds is 6. The second-order valence-electron chi connectivity index (χ2n) is 12.3. The van der Waals surface area contributed by atoms with Gasteiger partial charge in [0, 0.05) is 86.9 Å². The number of carbonyl (C=O) groups excluding carboxylic acids is 2. The fraction of sp³-hybridized carbons (Fsp3) is 0.286. The van der Waals surface area contributed by atoms with Crippen LogP contribution in [-0.2, 0) is 6.54 Å². The molecule has 2 amide bonds. The van der Waals surface area contributed by atoms with Gasteiger partial charge in [0.1, 0.15) is 0 Å². The van der Waals surface area contributed by atoms with Gasteiger partial charge in [0.2, 0.25) is 0 Å². The van der Waals surface area contributed by atoms with Crippen molar-refractivity contribution in [2.75, 3.05) is 54.4 Å². The largest absolute Gasteiger partial charge is 0.369 e. The Labute approximate surface area is 276 Å². The van der Waals surface area contributed by atoms with Crippen LogP contribution in [0.15, 0.2) is 89.7 Å². The number of halogens is 1. The molecule has 11 nitrogen and oxygen atoms in total. The molecular weight excluding hydrogens is 620 g/mol. The topological polar surface area (TPSA) is 121 Å². The number of pyridine rings is 1. The average molecular weight is 653 g/mol. The van der Waals surface area contributed by atoms with Crippen molar-refractivity contribution in [3.8, 4) is 0 Å². The summed E-state index contributed by atoms with van der Waals surface area (Å²) in [7, 11) is 0. The average Bonchev–Trinajstić information content (AvgIpc) is 3.08. The van der Waals surface area contributed by atoms with Crippen LogP contribution >= 0.6 is 11.6 Å². The van der Waals surface area contributed by atoms with Gasteiger partial charge in [-0.15, -0.1) is 0 Å².